The quantitative estimate of drug-likeness (QED) is 0.494. The summed E-state index contributed by atoms with van der Waals surface area (Å²) < 4.78 is 22.6. The van der Waals surface area contributed by atoms with E-state index in [4.69, 9.17) is 10.3 Å². The fraction of sp³-hybridized carbons (Fsp3) is 0.609. The third kappa shape index (κ3) is 3.43. The van der Waals surface area contributed by atoms with Crippen LogP contribution in [0.4, 0.5) is 5.69 Å². The van der Waals surface area contributed by atoms with Crippen molar-refractivity contribution in [2.75, 3.05) is 17.8 Å². The van der Waals surface area contributed by atoms with Crippen molar-refractivity contribution in [1.82, 2.24) is 14.7 Å². The standard InChI is InChI=1S/C23H28N6O4S/c24-9-15-6-13-7-20(13)28(15)22(30)18(25)11-27-10-16-8-21(27)23(31)29(16)19-4-1-12-5-14(26-34(32)33)2-3-17(12)19/h2-3,5,13,15-16,18-21,26H,1,4,6-8,10-11,25H2,(H,32,33)/t13?,15-,16+,18-,19+,20-,21+/m0/s1. The molecule has 5 aliphatic rings. The number of nitrogens with zero attached hydrogens (tertiary/aromatic N) is 4. The SMILES string of the molecule is N#C[C@@H]1CC2C[C@@H]2N1C(=O)[C@@H](N)CN1C[C@H]2C[C@@H]1C(=O)N2[C@@H]1CCc2cc(NS(=O)O)ccc21. The number of hydrogen-bond donors (Lipinski definition) is 3. The summed E-state index contributed by atoms with van der Waals surface area (Å²) in [5, 5.41) is 9.39. The highest BCUT2D eigenvalue weighted by Crippen LogP contribution is 2.48. The minimum atomic E-state index is -2.12. The molecule has 2 aliphatic carbocycles. The zero-order chi connectivity index (χ0) is 23.7. The van der Waals surface area contributed by atoms with E-state index >= 15 is 0 Å². The molecule has 11 heteroatoms. The summed E-state index contributed by atoms with van der Waals surface area (Å²) >= 11 is -2.12. The zero-order valence-corrected chi connectivity index (χ0v) is 19.5. The third-order valence-electron chi connectivity index (χ3n) is 8.30. The van der Waals surface area contributed by atoms with Crippen LogP contribution < -0.4 is 10.5 Å². The van der Waals surface area contributed by atoms with Gasteiger partial charge in [0.25, 0.3) is 11.3 Å². The van der Waals surface area contributed by atoms with Crippen LogP contribution in [0.3, 0.4) is 0 Å². The molecule has 0 radical (unpaired) electrons. The van der Waals surface area contributed by atoms with Crippen molar-refractivity contribution in [2.45, 2.75) is 68.4 Å². The number of benzene rings is 1. The number of anilines is 1. The number of carbonyl (C=O) groups is 2. The van der Waals surface area contributed by atoms with Crippen molar-refractivity contribution < 1.29 is 18.4 Å². The summed E-state index contributed by atoms with van der Waals surface area (Å²) in [6.07, 6.45) is 4.11. The number of carbonyl (C=O) groups excluding carboxylic acids is 2. The summed E-state index contributed by atoms with van der Waals surface area (Å²) in [5.74, 6) is 0.373. The third-order valence-corrected chi connectivity index (χ3v) is 8.71. The number of likely N-dealkylation sites (tertiary alicyclic amines) is 3. The number of piperidine rings is 1. The Hall–Kier alpha value is -2.52. The van der Waals surface area contributed by atoms with Crippen molar-refractivity contribution in [2.24, 2.45) is 11.7 Å². The van der Waals surface area contributed by atoms with Crippen LogP contribution in [-0.2, 0) is 27.3 Å². The van der Waals surface area contributed by atoms with E-state index in [-0.39, 0.29) is 42.0 Å². The molecule has 1 aromatic rings. The van der Waals surface area contributed by atoms with Crippen molar-refractivity contribution in [3.05, 3.63) is 29.3 Å². The predicted octanol–water partition coefficient (Wildman–Crippen LogP) is 0.348. The zero-order valence-electron chi connectivity index (χ0n) is 18.7. The van der Waals surface area contributed by atoms with Gasteiger partial charge in [-0.2, -0.15) is 5.26 Å². The van der Waals surface area contributed by atoms with Gasteiger partial charge in [0.1, 0.15) is 6.04 Å². The lowest BCUT2D eigenvalue weighted by molar-refractivity contribution is -0.141. The number of aryl methyl sites for hydroxylation is 1. The van der Waals surface area contributed by atoms with Crippen LogP contribution >= 0.6 is 0 Å². The Balaban J connectivity index is 1.11. The molecule has 2 bridgehead atoms. The normalized spacial score (nSPS) is 35.1. The van der Waals surface area contributed by atoms with Crippen LogP contribution in [0.1, 0.15) is 42.9 Å². The Kier molecular flexibility index (Phi) is 5.18. The Labute approximate surface area is 200 Å². The summed E-state index contributed by atoms with van der Waals surface area (Å²) in [6.45, 7) is 1.03. The maximum absolute atomic E-state index is 13.4. The molecule has 3 saturated heterocycles. The van der Waals surface area contributed by atoms with E-state index in [1.54, 1.807) is 11.0 Å². The van der Waals surface area contributed by atoms with Crippen LogP contribution in [0, 0.1) is 17.2 Å². The Morgan fingerprint density at radius 3 is 2.88 bits per heavy atom. The van der Waals surface area contributed by atoms with E-state index in [1.807, 2.05) is 21.9 Å². The molecule has 4 fully saturated rings. The molecule has 180 valence electrons. The molecule has 2 unspecified atom stereocenters. The molecule has 1 aromatic carbocycles. The number of nitrogens with one attached hydrogen (secondary N) is 1. The number of nitrogens with two attached hydrogens (primary N) is 1. The molecule has 34 heavy (non-hydrogen) atoms. The topological polar surface area (TPSA) is 143 Å². The largest absolute Gasteiger partial charge is 0.330 e. The Bertz CT molecular complexity index is 1120. The minimum Gasteiger partial charge on any atom is -0.330 e. The van der Waals surface area contributed by atoms with E-state index in [9.17, 15) is 19.1 Å². The average Bonchev–Trinajstić information content (AvgIpc) is 3.14. The molecule has 0 spiro atoms. The maximum atomic E-state index is 13.4. The van der Waals surface area contributed by atoms with E-state index in [2.05, 4.69) is 10.8 Å². The molecular weight excluding hydrogens is 456 g/mol. The van der Waals surface area contributed by atoms with E-state index in [0.29, 0.717) is 24.7 Å². The number of hydrogen-bond acceptors (Lipinski definition) is 6. The lowest BCUT2D eigenvalue weighted by Crippen LogP contribution is -2.57. The van der Waals surface area contributed by atoms with Gasteiger partial charge in [0.15, 0.2) is 0 Å². The molecule has 3 aliphatic heterocycles. The smallest absolute Gasteiger partial charge is 0.259 e. The first-order chi connectivity index (χ1) is 16.4. The molecular formula is C23H28N6O4S. The number of piperazine rings is 1. The predicted molar refractivity (Wildman–Crippen MR) is 123 cm³/mol. The Morgan fingerprint density at radius 1 is 1.32 bits per heavy atom. The van der Waals surface area contributed by atoms with Gasteiger partial charge in [0.05, 0.1) is 24.2 Å². The van der Waals surface area contributed by atoms with Crippen molar-refractivity contribution in [1.29, 1.82) is 5.26 Å². The number of amides is 2. The van der Waals surface area contributed by atoms with Crippen LogP contribution in [0.15, 0.2) is 18.2 Å². The average molecular weight is 485 g/mol. The van der Waals surface area contributed by atoms with E-state index in [1.165, 1.54) is 0 Å². The van der Waals surface area contributed by atoms with Gasteiger partial charge in [-0.05, 0) is 61.3 Å². The summed E-state index contributed by atoms with van der Waals surface area (Å²) in [6, 6.07) is 6.76. The first-order valence-corrected chi connectivity index (χ1v) is 13.0. The first kappa shape index (κ1) is 22.0. The highest BCUT2D eigenvalue weighted by Gasteiger charge is 2.56. The molecule has 3 heterocycles. The second-order valence-electron chi connectivity index (χ2n) is 10.2. The van der Waals surface area contributed by atoms with Gasteiger partial charge in [0.2, 0.25) is 11.8 Å². The van der Waals surface area contributed by atoms with Gasteiger partial charge < -0.3 is 15.5 Å². The van der Waals surface area contributed by atoms with Crippen molar-refractivity contribution in [3.8, 4) is 6.07 Å². The van der Waals surface area contributed by atoms with Crippen molar-refractivity contribution >= 4 is 28.8 Å². The number of nitriles is 1. The summed E-state index contributed by atoms with van der Waals surface area (Å²) in [4.78, 5) is 32.1. The fourth-order valence-electron chi connectivity index (χ4n) is 6.76. The second-order valence-corrected chi connectivity index (χ2v) is 10.9. The lowest BCUT2D eigenvalue weighted by atomic mass is 10.0. The minimum absolute atomic E-state index is 0.0106. The highest BCUT2D eigenvalue weighted by atomic mass is 32.2. The van der Waals surface area contributed by atoms with E-state index in [0.717, 1.165) is 43.2 Å². The van der Waals surface area contributed by atoms with Crippen LogP contribution in [0.2, 0.25) is 0 Å². The Morgan fingerprint density at radius 2 is 2.15 bits per heavy atom. The van der Waals surface area contributed by atoms with Crippen LogP contribution in [0.25, 0.3) is 0 Å². The van der Waals surface area contributed by atoms with Gasteiger partial charge in [-0.1, -0.05) is 6.07 Å². The van der Waals surface area contributed by atoms with E-state index < -0.39 is 17.3 Å². The maximum Gasteiger partial charge on any atom is 0.259 e. The monoisotopic (exact) mass is 484 g/mol. The van der Waals surface area contributed by atoms with Gasteiger partial charge >= 0.3 is 0 Å². The molecule has 6 rings (SSSR count). The van der Waals surface area contributed by atoms with Crippen LogP contribution in [-0.4, -0.2) is 78.6 Å². The summed E-state index contributed by atoms with van der Waals surface area (Å²) in [5.41, 5.74) is 9.09. The lowest BCUT2D eigenvalue weighted by Gasteiger charge is -2.38. The van der Waals surface area contributed by atoms with Gasteiger partial charge in [-0.15, -0.1) is 0 Å². The van der Waals surface area contributed by atoms with Gasteiger partial charge in [0, 0.05) is 30.9 Å². The molecule has 1 saturated carbocycles. The molecule has 2 amide bonds. The molecule has 4 N–H and O–H groups in total. The fourth-order valence-corrected chi connectivity index (χ4v) is 7.09. The first-order valence-electron chi connectivity index (χ1n) is 11.9. The number of fused-ring (bicyclic) bond motifs is 4. The second kappa shape index (κ2) is 8.02. The number of rotatable bonds is 6. The van der Waals surface area contributed by atoms with Crippen LogP contribution in [0.5, 0.6) is 0 Å². The molecule has 0 aromatic heterocycles. The van der Waals surface area contributed by atoms with Crippen molar-refractivity contribution in [3.63, 3.8) is 0 Å². The highest BCUT2D eigenvalue weighted by molar-refractivity contribution is 7.80. The molecule has 8 atom stereocenters. The van der Waals surface area contributed by atoms with Gasteiger partial charge in [-0.3, -0.25) is 23.8 Å². The summed E-state index contributed by atoms with van der Waals surface area (Å²) in [7, 11) is 0. The molecule has 10 nitrogen and oxygen atoms in total. The van der Waals surface area contributed by atoms with Gasteiger partial charge in [-0.25, -0.2) is 4.21 Å².